The molecule has 0 bridgehead atoms. The summed E-state index contributed by atoms with van der Waals surface area (Å²) in [7, 11) is 1.51. The van der Waals surface area contributed by atoms with Gasteiger partial charge in [0.2, 0.25) is 5.60 Å². The quantitative estimate of drug-likeness (QED) is 0.448. The predicted molar refractivity (Wildman–Crippen MR) is 132 cm³/mol. The van der Waals surface area contributed by atoms with E-state index in [2.05, 4.69) is 12.2 Å². The molecule has 1 heterocycles. The van der Waals surface area contributed by atoms with E-state index in [1.807, 2.05) is 25.0 Å². The topological polar surface area (TPSA) is 90.9 Å². The number of methoxy groups -OCH3 is 1. The number of halogens is 1. The molecule has 1 N–H and O–H groups in total. The molecule has 0 aromatic heterocycles. The summed E-state index contributed by atoms with van der Waals surface area (Å²) in [6.45, 7) is 5.62. The molecule has 0 saturated carbocycles. The lowest BCUT2D eigenvalue weighted by Crippen LogP contribution is -2.33. The van der Waals surface area contributed by atoms with E-state index in [1.165, 1.54) is 13.2 Å². The maximum absolute atomic E-state index is 14.4. The third-order valence-corrected chi connectivity index (χ3v) is 5.86. The SMILES string of the molecule is C=O.CCCc1cc(Cc2ccc(OC)cc2F)ccc1Oc1cccc([C@@]2(C)OC(=O)NC2=O)c1. The molecule has 3 aromatic carbocycles. The van der Waals surface area contributed by atoms with Crippen molar-refractivity contribution in [2.45, 2.75) is 38.7 Å². The van der Waals surface area contributed by atoms with Crippen molar-refractivity contribution >= 4 is 18.8 Å². The summed E-state index contributed by atoms with van der Waals surface area (Å²) in [5.41, 5.74) is 1.65. The van der Waals surface area contributed by atoms with Crippen LogP contribution in [-0.2, 0) is 32.8 Å². The van der Waals surface area contributed by atoms with Gasteiger partial charge in [0.05, 0.1) is 7.11 Å². The molecule has 0 aliphatic carbocycles. The summed E-state index contributed by atoms with van der Waals surface area (Å²) in [4.78, 5) is 31.8. The molecule has 0 unspecified atom stereocenters. The molecule has 4 rings (SSSR count). The molecule has 1 fully saturated rings. The van der Waals surface area contributed by atoms with Crippen molar-refractivity contribution in [3.8, 4) is 17.2 Å². The van der Waals surface area contributed by atoms with E-state index >= 15 is 0 Å². The van der Waals surface area contributed by atoms with Crippen molar-refractivity contribution in [1.29, 1.82) is 0 Å². The van der Waals surface area contributed by atoms with Crippen LogP contribution in [0.1, 0.15) is 42.5 Å². The second kappa shape index (κ2) is 11.5. The van der Waals surface area contributed by atoms with Gasteiger partial charge in [0, 0.05) is 18.1 Å². The van der Waals surface area contributed by atoms with Crippen molar-refractivity contribution in [3.63, 3.8) is 0 Å². The molecule has 1 aliphatic heterocycles. The van der Waals surface area contributed by atoms with E-state index in [4.69, 9.17) is 19.0 Å². The van der Waals surface area contributed by atoms with E-state index in [1.54, 1.807) is 43.3 Å². The van der Waals surface area contributed by atoms with E-state index in [0.29, 0.717) is 34.8 Å². The van der Waals surface area contributed by atoms with Gasteiger partial charge in [0.25, 0.3) is 5.91 Å². The molecule has 8 heteroatoms. The fraction of sp³-hybridized carbons (Fsp3) is 0.250. The Labute approximate surface area is 209 Å². The largest absolute Gasteiger partial charge is 0.497 e. The summed E-state index contributed by atoms with van der Waals surface area (Å²) in [6, 6.07) is 17.6. The van der Waals surface area contributed by atoms with Crippen LogP contribution in [0.2, 0.25) is 0 Å². The Balaban J connectivity index is 0.00000176. The highest BCUT2D eigenvalue weighted by molar-refractivity contribution is 6.03. The summed E-state index contributed by atoms with van der Waals surface area (Å²) in [5, 5.41) is 2.16. The maximum Gasteiger partial charge on any atom is 0.415 e. The highest BCUT2D eigenvalue weighted by Gasteiger charge is 2.46. The lowest BCUT2D eigenvalue weighted by atomic mass is 9.95. The van der Waals surface area contributed by atoms with E-state index < -0.39 is 17.6 Å². The van der Waals surface area contributed by atoms with Crippen LogP contribution in [0.3, 0.4) is 0 Å². The standard InChI is InChI=1S/C27H26FNO5.CH2O/c1-4-6-19-14-17(13-18-10-11-21(32-3)16-23(18)28)9-12-24(19)33-22-8-5-7-20(15-22)27(2)25(30)29-26(31)34-27;1-2/h5,7-12,14-16H,4,6,13H2,1-3H3,(H,29,30,31);1H2/t27-;/m1./s1. The van der Waals surface area contributed by atoms with Gasteiger partial charge in [0.15, 0.2) is 0 Å². The molecule has 36 heavy (non-hydrogen) atoms. The van der Waals surface area contributed by atoms with Gasteiger partial charge in [-0.3, -0.25) is 10.1 Å². The van der Waals surface area contributed by atoms with Crippen molar-refractivity contribution < 1.29 is 33.0 Å². The Bertz CT molecular complexity index is 1260. The fourth-order valence-electron chi connectivity index (χ4n) is 3.97. The normalized spacial score (nSPS) is 16.4. The number of imide groups is 1. The van der Waals surface area contributed by atoms with Crippen LogP contribution in [0, 0.1) is 5.82 Å². The lowest BCUT2D eigenvalue weighted by Gasteiger charge is -2.20. The van der Waals surface area contributed by atoms with Crippen LogP contribution in [0.25, 0.3) is 0 Å². The summed E-state index contributed by atoms with van der Waals surface area (Å²) in [5.74, 6) is 0.851. The highest BCUT2D eigenvalue weighted by atomic mass is 19.1. The number of carbonyl (C=O) groups excluding carboxylic acids is 3. The minimum Gasteiger partial charge on any atom is -0.497 e. The second-order valence-electron chi connectivity index (χ2n) is 8.33. The highest BCUT2D eigenvalue weighted by Crippen LogP contribution is 2.34. The number of hydrogen-bond donors (Lipinski definition) is 1. The minimum atomic E-state index is -1.41. The number of alkyl carbamates (subject to hydrolysis) is 1. The van der Waals surface area contributed by atoms with E-state index in [0.717, 1.165) is 24.0 Å². The lowest BCUT2D eigenvalue weighted by molar-refractivity contribution is -0.130. The third kappa shape index (κ3) is 5.71. The smallest absolute Gasteiger partial charge is 0.415 e. The van der Waals surface area contributed by atoms with Gasteiger partial charge < -0.3 is 19.0 Å². The van der Waals surface area contributed by atoms with Crippen LogP contribution >= 0.6 is 0 Å². The molecular formula is C28H28FNO6. The number of nitrogens with one attached hydrogen (secondary N) is 1. The number of benzene rings is 3. The molecule has 3 aromatic rings. The van der Waals surface area contributed by atoms with Gasteiger partial charge in [-0.05, 0) is 54.3 Å². The zero-order valence-electron chi connectivity index (χ0n) is 20.4. The first-order chi connectivity index (χ1) is 17.3. The van der Waals surface area contributed by atoms with Gasteiger partial charge in [-0.1, -0.05) is 43.7 Å². The average Bonchev–Trinajstić information content (AvgIpc) is 3.15. The first-order valence-electron chi connectivity index (χ1n) is 11.4. The van der Waals surface area contributed by atoms with Crippen molar-refractivity contribution in [3.05, 3.63) is 88.7 Å². The van der Waals surface area contributed by atoms with Crippen LogP contribution < -0.4 is 14.8 Å². The number of carbonyl (C=O) groups is 3. The summed E-state index contributed by atoms with van der Waals surface area (Å²) in [6.07, 6.45) is 1.37. The number of amides is 2. The number of aryl methyl sites for hydroxylation is 1. The van der Waals surface area contributed by atoms with E-state index in [-0.39, 0.29) is 5.82 Å². The van der Waals surface area contributed by atoms with Crippen molar-refractivity contribution in [2.24, 2.45) is 0 Å². The van der Waals surface area contributed by atoms with Crippen molar-refractivity contribution in [2.75, 3.05) is 7.11 Å². The first kappa shape index (κ1) is 26.4. The van der Waals surface area contributed by atoms with Crippen LogP contribution in [-0.4, -0.2) is 25.9 Å². The molecule has 0 radical (unpaired) electrons. The zero-order chi connectivity index (χ0) is 26.3. The molecule has 2 amide bonds. The Hall–Kier alpha value is -4.20. The Morgan fingerprint density at radius 1 is 1.00 bits per heavy atom. The Morgan fingerprint density at radius 3 is 2.42 bits per heavy atom. The van der Waals surface area contributed by atoms with E-state index in [9.17, 15) is 14.0 Å². The number of hydrogen-bond acceptors (Lipinski definition) is 6. The molecule has 1 aliphatic rings. The predicted octanol–water partition coefficient (Wildman–Crippen LogP) is 5.47. The van der Waals surface area contributed by atoms with Gasteiger partial charge in [-0.15, -0.1) is 0 Å². The van der Waals surface area contributed by atoms with Gasteiger partial charge in [-0.25, -0.2) is 9.18 Å². The Morgan fingerprint density at radius 2 is 1.78 bits per heavy atom. The van der Waals surface area contributed by atoms with Crippen LogP contribution in [0.15, 0.2) is 60.7 Å². The van der Waals surface area contributed by atoms with Crippen molar-refractivity contribution in [1.82, 2.24) is 5.32 Å². The first-order valence-corrected chi connectivity index (χ1v) is 11.4. The minimum absolute atomic E-state index is 0.307. The average molecular weight is 494 g/mol. The molecule has 7 nitrogen and oxygen atoms in total. The van der Waals surface area contributed by atoms with Crippen LogP contribution in [0.4, 0.5) is 9.18 Å². The van der Waals surface area contributed by atoms with Gasteiger partial charge in [0.1, 0.15) is 29.9 Å². The maximum atomic E-state index is 14.4. The summed E-state index contributed by atoms with van der Waals surface area (Å²) >= 11 is 0. The van der Waals surface area contributed by atoms with Crippen LogP contribution in [0.5, 0.6) is 17.2 Å². The number of rotatable bonds is 8. The van der Waals surface area contributed by atoms with Gasteiger partial charge >= 0.3 is 6.09 Å². The number of cyclic esters (lactones) is 1. The molecule has 0 spiro atoms. The molecular weight excluding hydrogens is 465 g/mol. The second-order valence-corrected chi connectivity index (χ2v) is 8.33. The molecule has 188 valence electrons. The summed E-state index contributed by atoms with van der Waals surface area (Å²) < 4.78 is 30.9. The van der Waals surface area contributed by atoms with Gasteiger partial charge in [-0.2, -0.15) is 0 Å². The Kier molecular flexibility index (Phi) is 8.42. The monoisotopic (exact) mass is 493 g/mol. The zero-order valence-corrected chi connectivity index (χ0v) is 20.4. The fourth-order valence-corrected chi connectivity index (χ4v) is 3.97. The molecule has 1 saturated heterocycles. The number of ether oxygens (including phenoxy) is 3. The molecule has 1 atom stereocenters. The third-order valence-electron chi connectivity index (χ3n) is 5.86.